The van der Waals surface area contributed by atoms with Crippen molar-refractivity contribution in [3.05, 3.63) is 86.7 Å². The van der Waals surface area contributed by atoms with Gasteiger partial charge in [-0.2, -0.15) is 0 Å². The van der Waals surface area contributed by atoms with Gasteiger partial charge in [0.1, 0.15) is 5.82 Å². The van der Waals surface area contributed by atoms with E-state index in [0.29, 0.717) is 17.7 Å². The molecular formula is C24H22ClFN2OS. The van der Waals surface area contributed by atoms with Crippen molar-refractivity contribution in [3.8, 4) is 0 Å². The summed E-state index contributed by atoms with van der Waals surface area (Å²) in [6.07, 6.45) is 3.90. The van der Waals surface area contributed by atoms with Gasteiger partial charge in [-0.3, -0.25) is 4.57 Å². The summed E-state index contributed by atoms with van der Waals surface area (Å²) in [5, 5.41) is 2.33. The summed E-state index contributed by atoms with van der Waals surface area (Å²) in [4.78, 5) is 16.2. The Morgan fingerprint density at radius 3 is 2.57 bits per heavy atom. The third-order valence-electron chi connectivity index (χ3n) is 7.29. The number of hydrogen-bond donors (Lipinski definition) is 1. The largest absolute Gasteiger partial charge is 0.326 e. The first-order valence-electron chi connectivity index (χ1n) is 10.6. The number of nitrogens with zero attached hydrogens (tertiary/aromatic N) is 1. The molecule has 0 unspecified atom stereocenters. The maximum absolute atomic E-state index is 13.3. The fraction of sp³-hybridized carbons (Fsp3) is 0.375. The molecule has 0 amide bonds. The van der Waals surface area contributed by atoms with E-state index < -0.39 is 0 Å². The molecule has 1 aliphatic heterocycles. The number of nitrogens with one attached hydrogen (secondary N) is 1. The Morgan fingerprint density at radius 1 is 1.07 bits per heavy atom. The first-order chi connectivity index (χ1) is 14.6. The van der Waals surface area contributed by atoms with Crippen LogP contribution in [0.4, 0.5) is 4.39 Å². The van der Waals surface area contributed by atoms with Gasteiger partial charge in [0.2, 0.25) is 0 Å². The Morgan fingerprint density at radius 2 is 1.80 bits per heavy atom. The number of fused-ring (bicyclic) bond motifs is 6. The zero-order chi connectivity index (χ0) is 20.4. The number of H-pyrrole nitrogens is 1. The standard InChI is InChI=1S/C24H22ClFN2OS/c25-17-7-5-14(6-8-17)19-20-15-3-4-16(11-15)22(20)30-23-21(19)27-24(29)28(23)12-13-1-9-18(26)10-2-13/h1-2,5-10,15-16,19-20,22H,3-4,11-12H2,(H,27,29)/t15-,16-,19+,20-,22+/m0/s1. The average Bonchev–Trinajstić information content (AvgIpc) is 3.43. The number of aromatic nitrogens is 2. The lowest BCUT2D eigenvalue weighted by Crippen LogP contribution is -2.34. The molecule has 1 N–H and O–H groups in total. The highest BCUT2D eigenvalue weighted by atomic mass is 35.5. The summed E-state index contributed by atoms with van der Waals surface area (Å²) >= 11 is 8.06. The fourth-order valence-corrected chi connectivity index (χ4v) is 7.97. The van der Waals surface area contributed by atoms with Gasteiger partial charge in [0.25, 0.3) is 0 Å². The van der Waals surface area contributed by atoms with Gasteiger partial charge >= 0.3 is 5.69 Å². The Balaban J connectivity index is 1.47. The molecule has 3 nitrogen and oxygen atoms in total. The summed E-state index contributed by atoms with van der Waals surface area (Å²) in [7, 11) is 0. The maximum Gasteiger partial charge on any atom is 0.326 e. The highest BCUT2D eigenvalue weighted by Gasteiger charge is 2.55. The van der Waals surface area contributed by atoms with Crippen LogP contribution in [0.25, 0.3) is 0 Å². The van der Waals surface area contributed by atoms with E-state index in [0.717, 1.165) is 33.1 Å². The second-order valence-corrected chi connectivity index (χ2v) is 10.5. The van der Waals surface area contributed by atoms with Crippen molar-refractivity contribution in [3.63, 3.8) is 0 Å². The van der Waals surface area contributed by atoms with Crippen LogP contribution >= 0.6 is 23.4 Å². The molecule has 1 aromatic heterocycles. The molecule has 2 fully saturated rings. The van der Waals surface area contributed by atoms with Crippen molar-refractivity contribution < 1.29 is 4.39 Å². The van der Waals surface area contributed by atoms with Crippen LogP contribution in [-0.2, 0) is 6.54 Å². The van der Waals surface area contributed by atoms with Crippen LogP contribution < -0.4 is 5.69 Å². The molecule has 0 saturated heterocycles. The molecule has 3 aliphatic rings. The summed E-state index contributed by atoms with van der Waals surface area (Å²) in [6, 6.07) is 14.6. The number of thioether (sulfide) groups is 1. The van der Waals surface area contributed by atoms with Crippen LogP contribution in [0.15, 0.2) is 58.4 Å². The summed E-state index contributed by atoms with van der Waals surface area (Å²) in [5.74, 6) is 1.95. The summed E-state index contributed by atoms with van der Waals surface area (Å²) < 4.78 is 15.2. The van der Waals surface area contributed by atoms with Gasteiger partial charge in [0, 0.05) is 16.2 Å². The molecule has 2 bridgehead atoms. The van der Waals surface area contributed by atoms with Crippen LogP contribution in [0, 0.1) is 23.6 Å². The highest BCUT2D eigenvalue weighted by molar-refractivity contribution is 8.00. The minimum Gasteiger partial charge on any atom is -0.308 e. The quantitative estimate of drug-likeness (QED) is 0.569. The van der Waals surface area contributed by atoms with Crippen molar-refractivity contribution in [2.45, 2.75) is 42.0 Å². The first-order valence-corrected chi connectivity index (χ1v) is 11.8. The van der Waals surface area contributed by atoms with Crippen molar-refractivity contribution in [2.75, 3.05) is 0 Å². The van der Waals surface area contributed by atoms with Crippen LogP contribution in [-0.4, -0.2) is 14.8 Å². The molecule has 0 spiro atoms. The molecular weight excluding hydrogens is 419 g/mol. The zero-order valence-electron chi connectivity index (χ0n) is 16.4. The second kappa shape index (κ2) is 7.03. The Labute approximate surface area is 183 Å². The van der Waals surface area contributed by atoms with Crippen LogP contribution in [0.1, 0.15) is 42.0 Å². The zero-order valence-corrected chi connectivity index (χ0v) is 17.9. The predicted octanol–water partition coefficient (Wildman–Crippen LogP) is 5.67. The van der Waals surface area contributed by atoms with E-state index in [4.69, 9.17) is 11.6 Å². The van der Waals surface area contributed by atoms with Gasteiger partial charge < -0.3 is 4.98 Å². The third-order valence-corrected chi connectivity index (χ3v) is 9.18. The van der Waals surface area contributed by atoms with E-state index in [-0.39, 0.29) is 17.4 Å². The Kier molecular flexibility index (Phi) is 4.40. The molecule has 0 radical (unpaired) electrons. The van der Waals surface area contributed by atoms with Crippen molar-refractivity contribution in [1.29, 1.82) is 0 Å². The van der Waals surface area contributed by atoms with Gasteiger partial charge in [0.15, 0.2) is 0 Å². The fourth-order valence-electron chi connectivity index (χ4n) is 6.03. The van der Waals surface area contributed by atoms with Gasteiger partial charge in [-0.15, -0.1) is 11.8 Å². The third kappa shape index (κ3) is 2.89. The molecule has 154 valence electrons. The predicted molar refractivity (Wildman–Crippen MR) is 118 cm³/mol. The molecule has 2 saturated carbocycles. The minimum atomic E-state index is -0.260. The molecule has 5 atom stereocenters. The molecule has 6 heteroatoms. The van der Waals surface area contributed by atoms with Crippen LogP contribution in [0.2, 0.25) is 5.02 Å². The lowest BCUT2D eigenvalue weighted by Gasteiger charge is -2.40. The van der Waals surface area contributed by atoms with E-state index in [9.17, 15) is 9.18 Å². The van der Waals surface area contributed by atoms with E-state index in [1.165, 1.54) is 37.0 Å². The van der Waals surface area contributed by atoms with Crippen LogP contribution in [0.5, 0.6) is 0 Å². The SMILES string of the molecule is O=c1[nH]c2c(n1Cc1ccc(F)cc1)S[C@@H]1[C@H]3CC[C@@H](C3)[C@H]1[C@H]2c1ccc(Cl)cc1. The summed E-state index contributed by atoms with van der Waals surface area (Å²) in [6.45, 7) is 0.455. The van der Waals surface area contributed by atoms with E-state index in [1.54, 1.807) is 12.1 Å². The van der Waals surface area contributed by atoms with Gasteiger partial charge in [-0.25, -0.2) is 9.18 Å². The lowest BCUT2D eigenvalue weighted by atomic mass is 9.74. The number of rotatable bonds is 3. The highest BCUT2D eigenvalue weighted by Crippen LogP contribution is 2.63. The molecule has 30 heavy (non-hydrogen) atoms. The van der Waals surface area contributed by atoms with Crippen molar-refractivity contribution in [2.24, 2.45) is 17.8 Å². The number of hydrogen-bond acceptors (Lipinski definition) is 2. The molecule has 3 aromatic rings. The van der Waals surface area contributed by atoms with E-state index in [1.807, 2.05) is 28.5 Å². The van der Waals surface area contributed by atoms with E-state index in [2.05, 4.69) is 17.1 Å². The van der Waals surface area contributed by atoms with Crippen molar-refractivity contribution >= 4 is 23.4 Å². The molecule has 2 aliphatic carbocycles. The van der Waals surface area contributed by atoms with Gasteiger partial charge in [0.05, 0.1) is 17.3 Å². The Bertz CT molecular complexity index is 1150. The normalized spacial score (nSPS) is 29.1. The van der Waals surface area contributed by atoms with Crippen molar-refractivity contribution in [1.82, 2.24) is 9.55 Å². The number of benzene rings is 2. The molecule has 2 aromatic carbocycles. The number of aromatic amines is 1. The monoisotopic (exact) mass is 440 g/mol. The maximum atomic E-state index is 13.3. The number of halogens is 2. The minimum absolute atomic E-state index is 0.0805. The molecule has 6 rings (SSSR count). The Hall–Kier alpha value is -1.98. The van der Waals surface area contributed by atoms with Crippen LogP contribution in [0.3, 0.4) is 0 Å². The number of imidazole rings is 1. The summed E-state index contributed by atoms with van der Waals surface area (Å²) in [5.41, 5.74) is 3.13. The topological polar surface area (TPSA) is 37.8 Å². The smallest absolute Gasteiger partial charge is 0.308 e. The van der Waals surface area contributed by atoms with Gasteiger partial charge in [-0.05, 0) is 72.4 Å². The van der Waals surface area contributed by atoms with Gasteiger partial charge in [-0.1, -0.05) is 35.9 Å². The first kappa shape index (κ1) is 18.8. The second-order valence-electron chi connectivity index (χ2n) is 8.88. The molecule has 2 heterocycles. The average molecular weight is 441 g/mol. The van der Waals surface area contributed by atoms with E-state index >= 15 is 0 Å². The lowest BCUT2D eigenvalue weighted by molar-refractivity contribution is 0.301.